The summed E-state index contributed by atoms with van der Waals surface area (Å²) in [7, 11) is 0. The van der Waals surface area contributed by atoms with Crippen LogP contribution >= 0.6 is 0 Å². The van der Waals surface area contributed by atoms with Gasteiger partial charge >= 0.3 is 0 Å². The number of hydrogen-bond acceptors (Lipinski definition) is 3. The summed E-state index contributed by atoms with van der Waals surface area (Å²) in [5.74, 6) is 0.388. The van der Waals surface area contributed by atoms with Crippen molar-refractivity contribution in [1.29, 1.82) is 0 Å². The highest BCUT2D eigenvalue weighted by Crippen LogP contribution is 2.15. The Labute approximate surface area is 99.8 Å². The van der Waals surface area contributed by atoms with Gasteiger partial charge in [-0.05, 0) is 25.3 Å². The van der Waals surface area contributed by atoms with Gasteiger partial charge in [0.1, 0.15) is 0 Å². The van der Waals surface area contributed by atoms with E-state index in [1.165, 1.54) is 12.8 Å². The van der Waals surface area contributed by atoms with E-state index in [2.05, 4.69) is 25.7 Å². The lowest BCUT2D eigenvalue weighted by Gasteiger charge is -2.28. The van der Waals surface area contributed by atoms with E-state index >= 15 is 0 Å². The van der Waals surface area contributed by atoms with E-state index in [1.54, 1.807) is 0 Å². The minimum absolute atomic E-state index is 0.202. The minimum atomic E-state index is -0.202. The smallest absolute Gasteiger partial charge is 0.0702 e. The van der Waals surface area contributed by atoms with Crippen molar-refractivity contribution in [3.63, 3.8) is 0 Å². The Morgan fingerprint density at radius 1 is 1.44 bits per heavy atom. The molecular formula is C13H27NO2. The molecule has 0 spiro atoms. The second-order valence-electron chi connectivity index (χ2n) is 4.94. The maximum absolute atomic E-state index is 10.0. The van der Waals surface area contributed by atoms with Crippen molar-refractivity contribution < 1.29 is 9.84 Å². The van der Waals surface area contributed by atoms with Crippen LogP contribution in [0.2, 0.25) is 0 Å². The van der Waals surface area contributed by atoms with Gasteiger partial charge in [0.25, 0.3) is 0 Å². The molecule has 1 rings (SSSR count). The third-order valence-corrected chi connectivity index (χ3v) is 3.68. The predicted molar refractivity (Wildman–Crippen MR) is 66.5 cm³/mol. The average molecular weight is 229 g/mol. The summed E-state index contributed by atoms with van der Waals surface area (Å²) in [6, 6.07) is 0. The first-order valence-electron chi connectivity index (χ1n) is 6.69. The zero-order valence-electron chi connectivity index (χ0n) is 11.0. The quantitative estimate of drug-likeness (QED) is 0.723. The highest BCUT2D eigenvalue weighted by Gasteiger charge is 2.21. The summed E-state index contributed by atoms with van der Waals surface area (Å²) in [4.78, 5) is 2.31. The Bertz CT molecular complexity index is 181. The fourth-order valence-corrected chi connectivity index (χ4v) is 2.13. The SMILES string of the molecule is CCC(C)C(O)CN(CC)CC1CCCO1. The van der Waals surface area contributed by atoms with Gasteiger partial charge in [-0.2, -0.15) is 0 Å². The number of likely N-dealkylation sites (N-methyl/N-ethyl adjacent to an activating group) is 1. The van der Waals surface area contributed by atoms with Gasteiger partial charge in [-0.25, -0.2) is 0 Å². The lowest BCUT2D eigenvalue weighted by Crippen LogP contribution is -2.39. The molecule has 0 amide bonds. The van der Waals surface area contributed by atoms with E-state index in [0.29, 0.717) is 12.0 Å². The van der Waals surface area contributed by atoms with Crippen LogP contribution < -0.4 is 0 Å². The highest BCUT2D eigenvalue weighted by molar-refractivity contribution is 4.74. The molecule has 0 aromatic rings. The Morgan fingerprint density at radius 2 is 2.19 bits per heavy atom. The zero-order chi connectivity index (χ0) is 12.0. The van der Waals surface area contributed by atoms with Crippen molar-refractivity contribution >= 4 is 0 Å². The second-order valence-corrected chi connectivity index (χ2v) is 4.94. The minimum Gasteiger partial charge on any atom is -0.392 e. The van der Waals surface area contributed by atoms with E-state index in [9.17, 15) is 5.11 Å². The zero-order valence-corrected chi connectivity index (χ0v) is 11.0. The summed E-state index contributed by atoms with van der Waals surface area (Å²) in [6.07, 6.45) is 3.60. The molecule has 1 fully saturated rings. The summed E-state index contributed by atoms with van der Waals surface area (Å²) < 4.78 is 5.63. The van der Waals surface area contributed by atoms with Crippen molar-refractivity contribution in [2.24, 2.45) is 5.92 Å². The molecule has 1 heterocycles. The van der Waals surface area contributed by atoms with Gasteiger partial charge in [-0.3, -0.25) is 4.90 Å². The van der Waals surface area contributed by atoms with Crippen LogP contribution in [0.25, 0.3) is 0 Å². The van der Waals surface area contributed by atoms with Crippen molar-refractivity contribution in [3.8, 4) is 0 Å². The first-order valence-corrected chi connectivity index (χ1v) is 6.69. The third-order valence-electron chi connectivity index (χ3n) is 3.68. The maximum atomic E-state index is 10.0. The summed E-state index contributed by atoms with van der Waals surface area (Å²) in [6.45, 7) is 10.1. The van der Waals surface area contributed by atoms with E-state index in [4.69, 9.17) is 4.74 Å². The van der Waals surface area contributed by atoms with Crippen LogP contribution in [0, 0.1) is 5.92 Å². The van der Waals surface area contributed by atoms with Gasteiger partial charge in [0.2, 0.25) is 0 Å². The summed E-state index contributed by atoms with van der Waals surface area (Å²) in [5, 5.41) is 10.0. The molecule has 0 aromatic heterocycles. The lowest BCUT2D eigenvalue weighted by atomic mass is 10.0. The molecule has 3 unspecified atom stereocenters. The van der Waals surface area contributed by atoms with Crippen LogP contribution in [-0.2, 0) is 4.74 Å². The number of ether oxygens (including phenoxy) is 1. The average Bonchev–Trinajstić information content (AvgIpc) is 2.79. The molecule has 1 N–H and O–H groups in total. The van der Waals surface area contributed by atoms with Gasteiger partial charge in [-0.15, -0.1) is 0 Å². The molecule has 1 aliphatic heterocycles. The maximum Gasteiger partial charge on any atom is 0.0702 e. The van der Waals surface area contributed by atoms with E-state index in [0.717, 1.165) is 32.7 Å². The van der Waals surface area contributed by atoms with E-state index in [-0.39, 0.29) is 6.10 Å². The standard InChI is InChI=1S/C13H27NO2/c1-4-11(3)13(15)10-14(5-2)9-12-7-6-8-16-12/h11-13,15H,4-10H2,1-3H3. The fraction of sp³-hybridized carbons (Fsp3) is 1.00. The Morgan fingerprint density at radius 3 is 2.69 bits per heavy atom. The first-order chi connectivity index (χ1) is 7.67. The molecular weight excluding hydrogens is 202 g/mol. The van der Waals surface area contributed by atoms with Gasteiger partial charge < -0.3 is 9.84 Å². The highest BCUT2D eigenvalue weighted by atomic mass is 16.5. The Hall–Kier alpha value is -0.120. The van der Waals surface area contributed by atoms with E-state index in [1.807, 2.05) is 0 Å². The number of aliphatic hydroxyl groups is 1. The van der Waals surface area contributed by atoms with Crippen LogP contribution in [-0.4, -0.2) is 48.5 Å². The van der Waals surface area contributed by atoms with Crippen LogP contribution in [0.15, 0.2) is 0 Å². The molecule has 0 saturated carbocycles. The molecule has 3 nitrogen and oxygen atoms in total. The molecule has 16 heavy (non-hydrogen) atoms. The predicted octanol–water partition coefficient (Wildman–Crippen LogP) is 1.89. The molecule has 0 aromatic carbocycles. The molecule has 1 aliphatic rings. The van der Waals surface area contributed by atoms with Gasteiger partial charge in [0.05, 0.1) is 12.2 Å². The largest absolute Gasteiger partial charge is 0.392 e. The fourth-order valence-electron chi connectivity index (χ4n) is 2.13. The topological polar surface area (TPSA) is 32.7 Å². The number of rotatable bonds is 7. The Kier molecular flexibility index (Phi) is 6.32. The van der Waals surface area contributed by atoms with Crippen molar-refractivity contribution in [2.75, 3.05) is 26.2 Å². The van der Waals surface area contributed by atoms with Gasteiger partial charge in [0.15, 0.2) is 0 Å². The van der Waals surface area contributed by atoms with Gasteiger partial charge in [-0.1, -0.05) is 27.2 Å². The van der Waals surface area contributed by atoms with Crippen LogP contribution in [0.5, 0.6) is 0 Å². The molecule has 1 saturated heterocycles. The normalized spacial score (nSPS) is 24.9. The number of hydrogen-bond donors (Lipinski definition) is 1. The third kappa shape index (κ3) is 4.40. The van der Waals surface area contributed by atoms with Crippen molar-refractivity contribution in [2.45, 2.75) is 52.2 Å². The van der Waals surface area contributed by atoms with Crippen molar-refractivity contribution in [1.82, 2.24) is 4.90 Å². The summed E-state index contributed by atoms with van der Waals surface area (Å²) >= 11 is 0. The second kappa shape index (κ2) is 7.25. The molecule has 0 aliphatic carbocycles. The summed E-state index contributed by atoms with van der Waals surface area (Å²) in [5.41, 5.74) is 0. The van der Waals surface area contributed by atoms with Crippen LogP contribution in [0.3, 0.4) is 0 Å². The number of aliphatic hydroxyl groups excluding tert-OH is 1. The number of nitrogens with zero attached hydrogens (tertiary/aromatic N) is 1. The lowest BCUT2D eigenvalue weighted by molar-refractivity contribution is 0.0349. The molecule has 0 radical (unpaired) electrons. The molecule has 0 bridgehead atoms. The van der Waals surface area contributed by atoms with Crippen molar-refractivity contribution in [3.05, 3.63) is 0 Å². The Balaban J connectivity index is 2.29. The first kappa shape index (κ1) is 13.9. The molecule has 3 atom stereocenters. The monoisotopic (exact) mass is 229 g/mol. The van der Waals surface area contributed by atoms with Crippen LogP contribution in [0.1, 0.15) is 40.0 Å². The molecule has 3 heteroatoms. The molecule has 96 valence electrons. The van der Waals surface area contributed by atoms with E-state index < -0.39 is 0 Å². The van der Waals surface area contributed by atoms with Crippen LogP contribution in [0.4, 0.5) is 0 Å². The van der Waals surface area contributed by atoms with Gasteiger partial charge in [0, 0.05) is 19.7 Å².